The summed E-state index contributed by atoms with van der Waals surface area (Å²) >= 11 is 0. The van der Waals surface area contributed by atoms with E-state index < -0.39 is 36.6 Å². The van der Waals surface area contributed by atoms with Gasteiger partial charge in [0, 0.05) is 4.91 Å². The minimum absolute atomic E-state index is 0.157. The van der Waals surface area contributed by atoms with Crippen molar-refractivity contribution < 1.29 is 19.3 Å². The summed E-state index contributed by atoms with van der Waals surface area (Å²) in [4.78, 5) is 14.8. The highest BCUT2D eigenvalue weighted by atomic mass is 19.1. The van der Waals surface area contributed by atoms with Gasteiger partial charge in [-0.2, -0.15) is 4.39 Å². The number of azide groups is 1. The summed E-state index contributed by atoms with van der Waals surface area (Å²) in [7, 11) is 0. The Morgan fingerprint density at radius 3 is 2.82 bits per heavy atom. The van der Waals surface area contributed by atoms with Crippen molar-refractivity contribution in [2.45, 2.75) is 43.5 Å². The molecule has 0 spiro atoms. The zero-order chi connectivity index (χ0) is 16.1. The Morgan fingerprint density at radius 2 is 2.23 bits per heavy atom. The molecule has 1 fully saturated rings. The lowest BCUT2D eigenvalue weighted by Gasteiger charge is -2.32. The molecule has 11 nitrogen and oxygen atoms in total. The van der Waals surface area contributed by atoms with E-state index in [1.807, 2.05) is 0 Å². The number of rotatable bonds is 2. The Morgan fingerprint density at radius 1 is 1.50 bits per heavy atom. The topological polar surface area (TPSA) is 165 Å². The zero-order valence-corrected chi connectivity index (χ0v) is 11.4. The van der Waals surface area contributed by atoms with Crippen LogP contribution in [-0.2, 0) is 4.74 Å². The van der Waals surface area contributed by atoms with Gasteiger partial charge in [-0.25, -0.2) is 15.0 Å². The van der Waals surface area contributed by atoms with Crippen molar-refractivity contribution in [2.75, 3.05) is 0 Å². The number of hydrogen-bond acceptors (Lipinski definition) is 9. The van der Waals surface area contributed by atoms with Crippen molar-refractivity contribution in [3.8, 4) is 0 Å². The average molecular weight is 312 g/mol. The van der Waals surface area contributed by atoms with E-state index in [-0.39, 0.29) is 11.7 Å². The highest BCUT2D eigenvalue weighted by Gasteiger charge is 2.54. The van der Waals surface area contributed by atoms with Crippen molar-refractivity contribution in [3.05, 3.63) is 10.4 Å². The van der Waals surface area contributed by atoms with E-state index in [0.29, 0.717) is 0 Å². The van der Waals surface area contributed by atoms with Crippen LogP contribution < -0.4 is 5.73 Å². The van der Waals surface area contributed by atoms with E-state index in [4.69, 9.17) is 16.0 Å². The molecule has 3 heterocycles. The van der Waals surface area contributed by atoms with Gasteiger partial charge in [0.1, 0.15) is 18.0 Å². The number of hydrogen-bond donors (Lipinski definition) is 3. The van der Waals surface area contributed by atoms with Gasteiger partial charge in [-0.1, -0.05) is 0 Å². The van der Waals surface area contributed by atoms with Gasteiger partial charge < -0.3 is 20.7 Å². The van der Waals surface area contributed by atoms with Crippen molar-refractivity contribution >= 4 is 18.0 Å². The Labute approximate surface area is 123 Å². The first-order valence-corrected chi connectivity index (χ1v) is 6.38. The summed E-state index contributed by atoms with van der Waals surface area (Å²) in [6, 6.07) is 0. The molecule has 2 unspecified atom stereocenters. The maximum Gasteiger partial charge on any atom is 0.287 e. The lowest BCUT2D eigenvalue weighted by molar-refractivity contribution is -0.0312. The molecule has 22 heavy (non-hydrogen) atoms. The van der Waals surface area contributed by atoms with Crippen LogP contribution in [0.3, 0.4) is 0 Å². The highest BCUT2D eigenvalue weighted by molar-refractivity contribution is 6.20. The molecule has 1 saturated heterocycles. The van der Waals surface area contributed by atoms with E-state index >= 15 is 0 Å². The summed E-state index contributed by atoms with van der Waals surface area (Å²) in [6.45, 7) is 1.57. The summed E-state index contributed by atoms with van der Waals surface area (Å²) in [5, 5.41) is 23.3. The van der Waals surface area contributed by atoms with E-state index in [0.717, 1.165) is 6.34 Å². The molecule has 0 aromatic carbocycles. The maximum atomic E-state index is 13.6. The standard InChI is InChI=1S/C10H13FN8O3/c1-3-4(20)5(21)6(22-3)19-2-14-10(17-18-13)7(12)15-9(11)16-8(10)19/h2-6,9,20-21H,1H3,(H2,12,15)/t3-,4-,5-,6-,9?,10?/m1/s1. The Balaban J connectivity index is 2.01. The molecule has 6 atom stereocenters. The van der Waals surface area contributed by atoms with Gasteiger partial charge in [-0.3, -0.25) is 4.90 Å². The van der Waals surface area contributed by atoms with Gasteiger partial charge in [-0.05, 0) is 17.6 Å². The molecule has 12 heteroatoms. The zero-order valence-electron chi connectivity index (χ0n) is 11.4. The molecule has 0 bridgehead atoms. The fourth-order valence-corrected chi connectivity index (χ4v) is 2.54. The van der Waals surface area contributed by atoms with Crippen LogP contribution in [0.4, 0.5) is 4.39 Å². The lowest BCUT2D eigenvalue weighted by Crippen LogP contribution is -2.56. The number of fused-ring (bicyclic) bond motifs is 1. The normalized spacial score (nSPS) is 43.5. The molecular formula is C10H13FN8O3. The number of nitrogens with two attached hydrogens (primary N) is 1. The summed E-state index contributed by atoms with van der Waals surface area (Å²) in [5.74, 6) is -0.515. The second-order valence-corrected chi connectivity index (χ2v) is 5.00. The minimum Gasteiger partial charge on any atom is -0.388 e. The number of nitrogens with zero attached hydrogens (tertiary/aromatic N) is 7. The minimum atomic E-state index is -1.98. The third-order valence-electron chi connectivity index (χ3n) is 3.70. The second kappa shape index (κ2) is 4.88. The molecule has 3 aliphatic heterocycles. The molecule has 3 aliphatic rings. The van der Waals surface area contributed by atoms with Crippen molar-refractivity contribution in [2.24, 2.45) is 25.8 Å². The quantitative estimate of drug-likeness (QED) is 0.252. The van der Waals surface area contributed by atoms with Crippen LogP contribution >= 0.6 is 0 Å². The van der Waals surface area contributed by atoms with Crippen LogP contribution in [0.25, 0.3) is 10.4 Å². The first kappa shape index (κ1) is 14.7. The van der Waals surface area contributed by atoms with Crippen LogP contribution in [-0.4, -0.2) is 69.7 Å². The first-order valence-electron chi connectivity index (χ1n) is 6.38. The first-order chi connectivity index (χ1) is 10.4. The summed E-state index contributed by atoms with van der Waals surface area (Å²) < 4.78 is 19.0. The predicted octanol–water partition coefficient (Wildman–Crippen LogP) is -1.17. The number of aliphatic hydroxyl groups excluding tert-OH is 2. The van der Waals surface area contributed by atoms with Crippen LogP contribution in [0, 0.1) is 0 Å². The number of aliphatic imine (C=N–C) groups is 3. The molecule has 3 rings (SSSR count). The Kier molecular flexibility index (Phi) is 3.25. The average Bonchev–Trinajstić information content (AvgIpc) is 2.94. The molecule has 0 amide bonds. The number of amidine groups is 2. The molecule has 0 aromatic heterocycles. The number of ether oxygens (including phenoxy) is 1. The van der Waals surface area contributed by atoms with Crippen LogP contribution in [0.2, 0.25) is 0 Å². The summed E-state index contributed by atoms with van der Waals surface area (Å²) in [5.41, 5.74) is 12.6. The Bertz CT molecular complexity index is 632. The molecule has 0 aliphatic carbocycles. The highest BCUT2D eigenvalue weighted by Crippen LogP contribution is 2.33. The third kappa shape index (κ3) is 1.85. The fraction of sp³-hybridized carbons (Fsp3) is 0.700. The summed E-state index contributed by atoms with van der Waals surface area (Å²) in [6.07, 6.45) is -4.97. The van der Waals surface area contributed by atoms with E-state index in [9.17, 15) is 14.6 Å². The van der Waals surface area contributed by atoms with Crippen LogP contribution in [0.15, 0.2) is 20.1 Å². The van der Waals surface area contributed by atoms with Gasteiger partial charge in [0.05, 0.1) is 12.4 Å². The SMILES string of the molecule is C[C@H]1O[C@@H](N2C=NC3(N=[N+]=[N-])C(N)=NC(F)N=C23)[C@H](O)[C@@H]1O. The Hall–Kier alpha value is -2.27. The smallest absolute Gasteiger partial charge is 0.287 e. The lowest BCUT2D eigenvalue weighted by atomic mass is 10.1. The van der Waals surface area contributed by atoms with Gasteiger partial charge in [0.15, 0.2) is 12.1 Å². The molecule has 118 valence electrons. The van der Waals surface area contributed by atoms with Gasteiger partial charge >= 0.3 is 0 Å². The van der Waals surface area contributed by atoms with Crippen molar-refractivity contribution in [3.63, 3.8) is 0 Å². The number of halogens is 1. The number of aliphatic hydroxyl groups is 2. The molecular weight excluding hydrogens is 299 g/mol. The second-order valence-electron chi connectivity index (χ2n) is 5.00. The van der Waals surface area contributed by atoms with E-state index in [1.54, 1.807) is 6.92 Å². The van der Waals surface area contributed by atoms with Crippen LogP contribution in [0.5, 0.6) is 0 Å². The molecule has 0 saturated carbocycles. The number of alkyl halides is 1. The largest absolute Gasteiger partial charge is 0.388 e. The van der Waals surface area contributed by atoms with Gasteiger partial charge in [0.2, 0.25) is 0 Å². The molecule has 0 aromatic rings. The fourth-order valence-electron chi connectivity index (χ4n) is 2.54. The third-order valence-corrected chi connectivity index (χ3v) is 3.70. The van der Waals surface area contributed by atoms with Gasteiger partial charge in [0.25, 0.3) is 12.1 Å². The maximum absolute atomic E-state index is 13.6. The monoisotopic (exact) mass is 312 g/mol. The van der Waals surface area contributed by atoms with E-state index in [2.05, 4.69) is 25.0 Å². The molecule has 4 N–H and O–H groups in total. The van der Waals surface area contributed by atoms with Gasteiger partial charge in [-0.15, -0.1) is 0 Å². The van der Waals surface area contributed by atoms with E-state index in [1.165, 1.54) is 4.90 Å². The van der Waals surface area contributed by atoms with Crippen LogP contribution in [0.1, 0.15) is 6.92 Å². The van der Waals surface area contributed by atoms with Crippen molar-refractivity contribution in [1.29, 1.82) is 0 Å². The predicted molar refractivity (Wildman–Crippen MR) is 72.5 cm³/mol. The molecule has 0 radical (unpaired) electrons. The van der Waals surface area contributed by atoms with Crippen molar-refractivity contribution in [1.82, 2.24) is 4.90 Å².